The normalized spacial score (nSPS) is 11.1. The van der Waals surface area contributed by atoms with Gasteiger partial charge in [-0.25, -0.2) is 4.98 Å². The van der Waals surface area contributed by atoms with E-state index in [0.29, 0.717) is 35.4 Å². The topological polar surface area (TPSA) is 51.0 Å². The summed E-state index contributed by atoms with van der Waals surface area (Å²) in [7, 11) is 0. The van der Waals surface area contributed by atoms with Crippen LogP contribution in [0.2, 0.25) is 5.02 Å². The first-order valence-corrected chi connectivity index (χ1v) is 11.4. The first kappa shape index (κ1) is 19.9. The van der Waals surface area contributed by atoms with Gasteiger partial charge >= 0.3 is 0 Å². The molecule has 0 N–H and O–H groups in total. The van der Waals surface area contributed by atoms with Crippen molar-refractivity contribution >= 4 is 56.0 Å². The number of aromatic nitrogens is 3. The molecule has 1 amide bonds. The first-order chi connectivity index (χ1) is 14.2. The number of thioether (sulfide) groups is 1. The molecule has 0 aliphatic heterocycles. The third kappa shape index (κ3) is 4.98. The molecule has 0 aliphatic rings. The Morgan fingerprint density at radius 2 is 2.00 bits per heavy atom. The minimum atomic E-state index is 0.0516. The van der Waals surface area contributed by atoms with Crippen molar-refractivity contribution < 1.29 is 4.79 Å². The maximum atomic E-state index is 13.1. The number of fused-ring (bicyclic) bond motifs is 1. The zero-order valence-corrected chi connectivity index (χ0v) is 18.0. The van der Waals surface area contributed by atoms with Gasteiger partial charge < -0.3 is 0 Å². The highest BCUT2D eigenvalue weighted by Crippen LogP contribution is 2.33. The molecule has 0 bridgehead atoms. The number of para-hydroxylation sites is 1. The van der Waals surface area contributed by atoms with E-state index in [2.05, 4.69) is 22.2 Å². The van der Waals surface area contributed by atoms with Gasteiger partial charge in [0, 0.05) is 36.0 Å². The molecule has 2 aromatic carbocycles. The average Bonchev–Trinajstić information content (AvgIpc) is 3.40. The smallest absolute Gasteiger partial charge is 0.229 e. The third-order valence-electron chi connectivity index (χ3n) is 4.33. The van der Waals surface area contributed by atoms with Gasteiger partial charge in [0.2, 0.25) is 5.91 Å². The van der Waals surface area contributed by atoms with E-state index in [1.165, 1.54) is 11.3 Å². The van der Waals surface area contributed by atoms with Gasteiger partial charge in [0.05, 0.1) is 16.3 Å². The molecule has 4 rings (SSSR count). The maximum Gasteiger partial charge on any atom is 0.229 e. The summed E-state index contributed by atoms with van der Waals surface area (Å²) >= 11 is 9.46. The summed E-state index contributed by atoms with van der Waals surface area (Å²) in [4.78, 5) is 20.6. The van der Waals surface area contributed by atoms with Crippen molar-refractivity contribution in [2.75, 3.05) is 17.2 Å². The predicted molar refractivity (Wildman–Crippen MR) is 121 cm³/mol. The van der Waals surface area contributed by atoms with Crippen molar-refractivity contribution in [3.05, 3.63) is 72.0 Å². The Kier molecular flexibility index (Phi) is 6.49. The van der Waals surface area contributed by atoms with Crippen molar-refractivity contribution in [2.24, 2.45) is 0 Å². The van der Waals surface area contributed by atoms with E-state index < -0.39 is 0 Å². The highest BCUT2D eigenvalue weighted by Gasteiger charge is 2.20. The highest BCUT2D eigenvalue weighted by atomic mass is 35.5. The van der Waals surface area contributed by atoms with Crippen LogP contribution in [-0.2, 0) is 11.3 Å². The summed E-state index contributed by atoms with van der Waals surface area (Å²) in [5.74, 6) is 0.767. The van der Waals surface area contributed by atoms with Crippen LogP contribution in [0.15, 0.2) is 71.9 Å². The molecule has 0 spiro atoms. The molecule has 2 heterocycles. The fourth-order valence-electron chi connectivity index (χ4n) is 2.89. The van der Waals surface area contributed by atoms with Crippen LogP contribution in [0.5, 0.6) is 0 Å². The van der Waals surface area contributed by atoms with Gasteiger partial charge in [-0.15, -0.1) is 11.8 Å². The molecule has 0 saturated carbocycles. The van der Waals surface area contributed by atoms with E-state index in [4.69, 9.17) is 11.6 Å². The summed E-state index contributed by atoms with van der Waals surface area (Å²) in [6, 6.07) is 17.7. The lowest BCUT2D eigenvalue weighted by atomic mass is 10.3. The Balaban J connectivity index is 1.50. The standard InChI is InChI=1S/C21H19ClN4OS2/c22-17-8-4-9-18-20(17)24-21(29-18)26(14-13-25-12-5-11-23-25)19(27)10-15-28-16-6-2-1-3-7-16/h1-9,11-12H,10,13-15H2. The van der Waals surface area contributed by atoms with E-state index >= 15 is 0 Å². The summed E-state index contributed by atoms with van der Waals surface area (Å²) < 4.78 is 2.79. The molecule has 0 aliphatic carbocycles. The number of carbonyl (C=O) groups is 1. The quantitative estimate of drug-likeness (QED) is 0.344. The van der Waals surface area contributed by atoms with Gasteiger partial charge in [-0.3, -0.25) is 14.4 Å². The van der Waals surface area contributed by atoms with Crippen LogP contribution >= 0.6 is 34.7 Å². The molecule has 0 fully saturated rings. The van der Waals surface area contributed by atoms with Crippen LogP contribution < -0.4 is 4.90 Å². The monoisotopic (exact) mass is 442 g/mol. The zero-order valence-electron chi connectivity index (χ0n) is 15.6. The summed E-state index contributed by atoms with van der Waals surface area (Å²) in [6.45, 7) is 1.11. The number of hydrogen-bond donors (Lipinski definition) is 0. The minimum Gasteiger partial charge on any atom is -0.286 e. The van der Waals surface area contributed by atoms with Crippen LogP contribution in [0, 0.1) is 0 Å². The maximum absolute atomic E-state index is 13.1. The second-order valence-electron chi connectivity index (χ2n) is 6.31. The van der Waals surface area contributed by atoms with Crippen LogP contribution in [0.25, 0.3) is 10.2 Å². The number of benzene rings is 2. The second-order valence-corrected chi connectivity index (χ2v) is 8.89. The van der Waals surface area contributed by atoms with E-state index in [-0.39, 0.29) is 5.91 Å². The van der Waals surface area contributed by atoms with Crippen LogP contribution in [0.4, 0.5) is 5.13 Å². The van der Waals surface area contributed by atoms with Crippen LogP contribution in [0.1, 0.15) is 6.42 Å². The number of hydrogen-bond acceptors (Lipinski definition) is 5. The van der Waals surface area contributed by atoms with Crippen molar-refractivity contribution in [3.8, 4) is 0 Å². The molecule has 0 unspecified atom stereocenters. The van der Waals surface area contributed by atoms with Crippen molar-refractivity contribution in [2.45, 2.75) is 17.9 Å². The number of halogens is 1. The molecule has 8 heteroatoms. The molecular weight excluding hydrogens is 424 g/mol. The molecule has 148 valence electrons. The highest BCUT2D eigenvalue weighted by molar-refractivity contribution is 7.99. The Morgan fingerprint density at radius 1 is 1.14 bits per heavy atom. The van der Waals surface area contributed by atoms with Gasteiger partial charge in [0.1, 0.15) is 5.52 Å². The summed E-state index contributed by atoms with van der Waals surface area (Å²) in [5.41, 5.74) is 0.740. The van der Waals surface area contributed by atoms with Crippen LogP contribution in [0.3, 0.4) is 0 Å². The molecule has 0 saturated heterocycles. The number of nitrogens with zero attached hydrogens (tertiary/aromatic N) is 4. The average molecular weight is 443 g/mol. The van der Waals surface area contributed by atoms with Crippen molar-refractivity contribution in [1.82, 2.24) is 14.8 Å². The third-order valence-corrected chi connectivity index (χ3v) is 6.69. The summed E-state index contributed by atoms with van der Waals surface area (Å²) in [6.07, 6.45) is 4.06. The SMILES string of the molecule is O=C(CCSc1ccccc1)N(CCn1cccn1)c1nc2c(Cl)cccc2s1. The zero-order chi connectivity index (χ0) is 20.1. The molecule has 5 nitrogen and oxygen atoms in total. The Morgan fingerprint density at radius 3 is 2.76 bits per heavy atom. The van der Waals surface area contributed by atoms with E-state index in [9.17, 15) is 4.79 Å². The molecule has 2 aromatic heterocycles. The van der Waals surface area contributed by atoms with Crippen molar-refractivity contribution in [3.63, 3.8) is 0 Å². The predicted octanol–water partition coefficient (Wildman–Crippen LogP) is 5.36. The minimum absolute atomic E-state index is 0.0516. The van der Waals surface area contributed by atoms with Gasteiger partial charge in [0.25, 0.3) is 0 Å². The van der Waals surface area contributed by atoms with E-state index in [0.717, 1.165) is 15.1 Å². The number of rotatable bonds is 8. The molecule has 0 atom stereocenters. The molecule has 0 radical (unpaired) electrons. The van der Waals surface area contributed by atoms with Gasteiger partial charge in [-0.1, -0.05) is 47.2 Å². The fraction of sp³-hybridized carbons (Fsp3) is 0.190. The molecular formula is C21H19ClN4OS2. The lowest BCUT2D eigenvalue weighted by Crippen LogP contribution is -2.34. The van der Waals surface area contributed by atoms with E-state index in [1.54, 1.807) is 22.9 Å². The van der Waals surface area contributed by atoms with Crippen molar-refractivity contribution in [1.29, 1.82) is 0 Å². The number of amides is 1. The van der Waals surface area contributed by atoms with E-state index in [1.807, 2.05) is 53.3 Å². The number of thiazole rings is 1. The summed E-state index contributed by atoms with van der Waals surface area (Å²) in [5, 5.41) is 5.51. The van der Waals surface area contributed by atoms with Gasteiger partial charge in [0.15, 0.2) is 5.13 Å². The van der Waals surface area contributed by atoms with Gasteiger partial charge in [-0.2, -0.15) is 5.10 Å². The van der Waals surface area contributed by atoms with Crippen LogP contribution in [-0.4, -0.2) is 33.0 Å². The Hall–Kier alpha value is -2.35. The first-order valence-electron chi connectivity index (χ1n) is 9.21. The fourth-order valence-corrected chi connectivity index (χ4v) is 5.06. The number of carbonyl (C=O) groups excluding carboxylic acids is 1. The molecule has 29 heavy (non-hydrogen) atoms. The molecule has 4 aromatic rings. The van der Waals surface area contributed by atoms with Gasteiger partial charge in [-0.05, 0) is 30.3 Å². The largest absolute Gasteiger partial charge is 0.286 e. The Bertz CT molecular complexity index is 1080. The second kappa shape index (κ2) is 9.43. The lowest BCUT2D eigenvalue weighted by molar-refractivity contribution is -0.118. The Labute approximate surface area is 182 Å². The lowest BCUT2D eigenvalue weighted by Gasteiger charge is -2.20. The number of anilines is 1.